The molecule has 5 nitrogen and oxygen atoms in total. The molecule has 0 amide bonds. The molecule has 4 unspecified atom stereocenters. The van der Waals surface area contributed by atoms with Crippen LogP contribution >= 0.6 is 0 Å². The van der Waals surface area contributed by atoms with Crippen molar-refractivity contribution in [1.29, 1.82) is 0 Å². The molecule has 0 spiro atoms. The third-order valence-electron chi connectivity index (χ3n) is 2.07. The fourth-order valence-electron chi connectivity index (χ4n) is 1.54. The maximum atomic E-state index is 9.50. The number of rotatable bonds is 0. The first-order valence-corrected chi connectivity index (χ1v) is 3.50. The molecule has 0 aromatic carbocycles. The molecule has 0 aromatic rings. The zero-order valence-corrected chi connectivity index (χ0v) is 5.80. The number of aliphatic hydroxyl groups excluding tert-OH is 2. The van der Waals surface area contributed by atoms with Crippen LogP contribution in [0.1, 0.15) is 6.42 Å². The molecule has 64 valence electrons. The van der Waals surface area contributed by atoms with Crippen LogP contribution in [0.25, 0.3) is 0 Å². The minimum atomic E-state index is -1.47. The third-order valence-corrected chi connectivity index (χ3v) is 2.07. The van der Waals surface area contributed by atoms with E-state index in [9.17, 15) is 5.11 Å². The van der Waals surface area contributed by atoms with Crippen molar-refractivity contribution in [3.8, 4) is 0 Å². The average molecular weight is 162 g/mol. The van der Waals surface area contributed by atoms with E-state index in [0.29, 0.717) is 0 Å². The van der Waals surface area contributed by atoms with Gasteiger partial charge in [-0.25, -0.2) is 0 Å². The van der Waals surface area contributed by atoms with E-state index in [2.05, 4.69) is 0 Å². The zero-order chi connectivity index (χ0) is 8.06. The summed E-state index contributed by atoms with van der Waals surface area (Å²) in [5, 5.41) is 27.6. The predicted octanol–water partition coefficient (Wildman–Crippen LogP) is -1.83. The van der Waals surface area contributed by atoms with Crippen molar-refractivity contribution in [2.45, 2.75) is 30.7 Å². The molecule has 0 bridgehead atoms. The van der Waals surface area contributed by atoms with Crippen molar-refractivity contribution in [1.82, 2.24) is 0 Å². The van der Waals surface area contributed by atoms with Crippen LogP contribution in [0.4, 0.5) is 0 Å². The van der Waals surface area contributed by atoms with Crippen molar-refractivity contribution in [3.63, 3.8) is 0 Å². The summed E-state index contributed by atoms with van der Waals surface area (Å²) in [6, 6.07) is 0. The maximum Gasteiger partial charge on any atom is 0.200 e. The Labute approximate surface area is 63.2 Å². The lowest BCUT2D eigenvalue weighted by Gasteiger charge is -2.18. The summed E-state index contributed by atoms with van der Waals surface area (Å²) in [7, 11) is 0. The lowest BCUT2D eigenvalue weighted by molar-refractivity contribution is -0.186. The first-order valence-electron chi connectivity index (χ1n) is 3.50. The molecular weight excluding hydrogens is 152 g/mol. The Bertz CT molecular complexity index is 172. The molecule has 3 N–H and O–H groups in total. The molecule has 5 heteroatoms. The van der Waals surface area contributed by atoms with Gasteiger partial charge in [0.15, 0.2) is 12.1 Å². The number of fused-ring (bicyclic) bond motifs is 1. The van der Waals surface area contributed by atoms with Gasteiger partial charge in [0.2, 0.25) is 0 Å². The van der Waals surface area contributed by atoms with Gasteiger partial charge in [0.05, 0.1) is 13.0 Å². The van der Waals surface area contributed by atoms with E-state index in [1.807, 2.05) is 0 Å². The highest BCUT2D eigenvalue weighted by atomic mass is 16.7. The van der Waals surface area contributed by atoms with Crippen LogP contribution in [0.5, 0.6) is 0 Å². The molecule has 2 aliphatic rings. The van der Waals surface area contributed by atoms with Crippen molar-refractivity contribution in [2.24, 2.45) is 0 Å². The molecule has 2 fully saturated rings. The highest BCUT2D eigenvalue weighted by Crippen LogP contribution is 2.37. The normalized spacial score (nSPS) is 56.5. The van der Waals surface area contributed by atoms with Crippen LogP contribution in [0, 0.1) is 0 Å². The van der Waals surface area contributed by atoms with E-state index in [1.54, 1.807) is 0 Å². The van der Waals surface area contributed by atoms with E-state index in [4.69, 9.17) is 19.7 Å². The van der Waals surface area contributed by atoms with Crippen molar-refractivity contribution < 1.29 is 24.8 Å². The molecule has 0 aromatic heterocycles. The smallest absolute Gasteiger partial charge is 0.200 e. The Kier molecular flexibility index (Phi) is 1.45. The fraction of sp³-hybridized carbons (Fsp3) is 1.00. The minimum absolute atomic E-state index is 0.00866. The second kappa shape index (κ2) is 2.15. The molecule has 0 aliphatic carbocycles. The summed E-state index contributed by atoms with van der Waals surface area (Å²) >= 11 is 0. The van der Waals surface area contributed by atoms with Crippen LogP contribution in [-0.4, -0.2) is 46.2 Å². The van der Waals surface area contributed by atoms with Crippen LogP contribution in [0.15, 0.2) is 0 Å². The molecule has 0 saturated carbocycles. The first kappa shape index (κ1) is 7.45. The van der Waals surface area contributed by atoms with Crippen molar-refractivity contribution in [2.75, 3.05) is 6.61 Å². The van der Waals surface area contributed by atoms with Gasteiger partial charge in [-0.15, -0.1) is 0 Å². The molecule has 11 heavy (non-hydrogen) atoms. The van der Waals surface area contributed by atoms with Gasteiger partial charge in [0, 0.05) is 0 Å². The monoisotopic (exact) mass is 162 g/mol. The number of ether oxygens (including phenoxy) is 2. The lowest BCUT2D eigenvalue weighted by atomic mass is 10.1. The number of hydrogen-bond acceptors (Lipinski definition) is 5. The summed E-state index contributed by atoms with van der Waals surface area (Å²) < 4.78 is 9.70. The van der Waals surface area contributed by atoms with Gasteiger partial charge in [0.25, 0.3) is 0 Å². The average Bonchev–Trinajstić information content (AvgIpc) is 2.32. The zero-order valence-electron chi connectivity index (χ0n) is 5.80. The Morgan fingerprint density at radius 3 is 2.73 bits per heavy atom. The van der Waals surface area contributed by atoms with Crippen molar-refractivity contribution in [3.05, 3.63) is 0 Å². The largest absolute Gasteiger partial charge is 0.388 e. The van der Waals surface area contributed by atoms with Crippen LogP contribution in [-0.2, 0) is 9.47 Å². The van der Waals surface area contributed by atoms with Crippen LogP contribution in [0.3, 0.4) is 0 Å². The second-order valence-electron chi connectivity index (χ2n) is 2.94. The molecular formula is C6H10O5. The van der Waals surface area contributed by atoms with Crippen LogP contribution in [0.2, 0.25) is 0 Å². The molecule has 2 saturated heterocycles. The SMILES string of the molecule is OC1CC2(O)OCC(O)C2O1. The lowest BCUT2D eigenvalue weighted by Crippen LogP contribution is -2.38. The maximum absolute atomic E-state index is 9.50. The summed E-state index contributed by atoms with van der Waals surface area (Å²) in [5.74, 6) is -1.47. The molecule has 0 radical (unpaired) electrons. The van der Waals surface area contributed by atoms with E-state index in [0.717, 1.165) is 0 Å². The predicted molar refractivity (Wildman–Crippen MR) is 32.4 cm³/mol. The topological polar surface area (TPSA) is 79.2 Å². The van der Waals surface area contributed by atoms with Crippen molar-refractivity contribution >= 4 is 0 Å². The van der Waals surface area contributed by atoms with Gasteiger partial charge in [-0.1, -0.05) is 0 Å². The van der Waals surface area contributed by atoms with E-state index in [1.165, 1.54) is 0 Å². The fourth-order valence-corrected chi connectivity index (χ4v) is 1.54. The standard InChI is InChI=1S/C6H10O5/c7-3-2-10-6(9)1-4(8)11-5(3)6/h3-5,7-9H,1-2H2. The quantitative estimate of drug-likeness (QED) is 0.390. The second-order valence-corrected chi connectivity index (χ2v) is 2.94. The Balaban J connectivity index is 2.18. The van der Waals surface area contributed by atoms with Gasteiger partial charge < -0.3 is 24.8 Å². The van der Waals surface area contributed by atoms with Gasteiger partial charge in [-0.05, 0) is 0 Å². The van der Waals surface area contributed by atoms with E-state index in [-0.39, 0.29) is 13.0 Å². The first-order chi connectivity index (χ1) is 5.12. The summed E-state index contributed by atoms with van der Waals surface area (Å²) in [4.78, 5) is 0. The molecule has 2 aliphatic heterocycles. The molecule has 2 heterocycles. The van der Waals surface area contributed by atoms with Crippen LogP contribution < -0.4 is 0 Å². The Hall–Kier alpha value is -0.200. The summed E-state index contributed by atoms with van der Waals surface area (Å²) in [6.45, 7) is 0.0634. The summed E-state index contributed by atoms with van der Waals surface area (Å²) in [6.07, 6.45) is -2.65. The third kappa shape index (κ3) is 0.969. The molecule has 4 atom stereocenters. The van der Waals surface area contributed by atoms with E-state index < -0.39 is 24.3 Å². The van der Waals surface area contributed by atoms with Gasteiger partial charge >= 0.3 is 0 Å². The highest BCUT2D eigenvalue weighted by Gasteiger charge is 2.56. The van der Waals surface area contributed by atoms with Gasteiger partial charge in [-0.2, -0.15) is 0 Å². The number of aliphatic hydroxyl groups is 3. The highest BCUT2D eigenvalue weighted by molar-refractivity contribution is 4.95. The Morgan fingerprint density at radius 2 is 2.09 bits per heavy atom. The van der Waals surface area contributed by atoms with Gasteiger partial charge in [-0.3, -0.25) is 0 Å². The van der Waals surface area contributed by atoms with E-state index >= 15 is 0 Å². The minimum Gasteiger partial charge on any atom is -0.388 e. The number of hydrogen-bond donors (Lipinski definition) is 3. The molecule has 2 rings (SSSR count). The summed E-state index contributed by atoms with van der Waals surface area (Å²) in [5.41, 5.74) is 0. The Morgan fingerprint density at radius 1 is 1.36 bits per heavy atom. The van der Waals surface area contributed by atoms with Gasteiger partial charge in [0.1, 0.15) is 12.2 Å².